The molecule has 0 spiro atoms. The Morgan fingerprint density at radius 2 is 2.12 bits per heavy atom. The summed E-state index contributed by atoms with van der Waals surface area (Å²) in [7, 11) is 0. The van der Waals surface area contributed by atoms with Crippen molar-refractivity contribution in [3.05, 3.63) is 35.5 Å². The Balaban J connectivity index is 1.48. The van der Waals surface area contributed by atoms with Crippen LogP contribution in [0.3, 0.4) is 0 Å². The summed E-state index contributed by atoms with van der Waals surface area (Å²) >= 11 is 0. The summed E-state index contributed by atoms with van der Waals surface area (Å²) in [6, 6.07) is 4.77. The molecule has 7 heteroatoms. The normalized spacial score (nSPS) is 16.4. The molecule has 3 rings (SSSR count). The van der Waals surface area contributed by atoms with Crippen LogP contribution in [0.4, 0.5) is 4.39 Å². The van der Waals surface area contributed by atoms with E-state index in [1.54, 1.807) is 19.1 Å². The van der Waals surface area contributed by atoms with Gasteiger partial charge in [0.25, 0.3) is 0 Å². The molecular weight excluding hydrogens is 339 g/mol. The van der Waals surface area contributed by atoms with Gasteiger partial charge in [-0.1, -0.05) is 23.7 Å². The first-order valence-electron chi connectivity index (χ1n) is 8.97. The van der Waals surface area contributed by atoms with Gasteiger partial charge in [0.2, 0.25) is 11.7 Å². The van der Waals surface area contributed by atoms with E-state index in [1.165, 1.54) is 6.07 Å². The Morgan fingerprint density at radius 3 is 2.85 bits per heavy atom. The number of aromatic nitrogens is 2. The highest BCUT2D eigenvalue weighted by Crippen LogP contribution is 2.29. The SMILES string of the molecule is Cc1ccc(-c2noc(CCCOC(=O)C3(O)CCCCC3)n2)cc1F. The first kappa shape index (κ1) is 18.5. The van der Waals surface area contributed by atoms with E-state index in [0.29, 0.717) is 48.5 Å². The Kier molecular flexibility index (Phi) is 5.66. The lowest BCUT2D eigenvalue weighted by molar-refractivity contribution is -0.169. The van der Waals surface area contributed by atoms with Crippen LogP contribution in [-0.4, -0.2) is 33.4 Å². The van der Waals surface area contributed by atoms with E-state index in [4.69, 9.17) is 9.26 Å². The smallest absolute Gasteiger partial charge is 0.338 e. The Labute approximate surface area is 151 Å². The van der Waals surface area contributed by atoms with E-state index in [9.17, 15) is 14.3 Å². The first-order valence-corrected chi connectivity index (χ1v) is 8.97. The van der Waals surface area contributed by atoms with Gasteiger partial charge in [-0.05, 0) is 50.7 Å². The van der Waals surface area contributed by atoms with Crippen LogP contribution in [0.1, 0.15) is 50.0 Å². The second kappa shape index (κ2) is 7.95. The number of carbonyl (C=O) groups excluding carboxylic acids is 1. The number of benzene rings is 1. The lowest BCUT2D eigenvalue weighted by atomic mass is 9.85. The molecule has 1 N–H and O–H groups in total. The maximum atomic E-state index is 13.6. The molecule has 2 aromatic rings. The van der Waals surface area contributed by atoms with Gasteiger partial charge in [-0.2, -0.15) is 4.98 Å². The van der Waals surface area contributed by atoms with Crippen molar-refractivity contribution in [2.45, 2.75) is 57.5 Å². The topological polar surface area (TPSA) is 85.5 Å². The zero-order valence-corrected chi connectivity index (χ0v) is 14.8. The van der Waals surface area contributed by atoms with Gasteiger partial charge in [0.05, 0.1) is 6.61 Å². The van der Waals surface area contributed by atoms with Crippen molar-refractivity contribution in [3.8, 4) is 11.4 Å². The van der Waals surface area contributed by atoms with Crippen LogP contribution in [0.2, 0.25) is 0 Å². The molecule has 0 atom stereocenters. The van der Waals surface area contributed by atoms with Crippen LogP contribution < -0.4 is 0 Å². The molecule has 1 aromatic carbocycles. The van der Waals surface area contributed by atoms with Gasteiger partial charge in [-0.25, -0.2) is 9.18 Å². The number of halogens is 1. The number of nitrogens with zero attached hydrogens (tertiary/aromatic N) is 2. The Hall–Kier alpha value is -2.28. The van der Waals surface area contributed by atoms with E-state index in [0.717, 1.165) is 19.3 Å². The fraction of sp³-hybridized carbons (Fsp3) is 0.526. The van der Waals surface area contributed by atoms with E-state index < -0.39 is 11.6 Å². The molecule has 0 bridgehead atoms. The summed E-state index contributed by atoms with van der Waals surface area (Å²) in [4.78, 5) is 16.3. The molecular formula is C19H23FN2O4. The molecule has 0 unspecified atom stereocenters. The van der Waals surface area contributed by atoms with Crippen molar-refractivity contribution in [1.29, 1.82) is 0 Å². The lowest BCUT2D eigenvalue weighted by Gasteiger charge is -2.29. The molecule has 0 saturated heterocycles. The van der Waals surface area contributed by atoms with Gasteiger partial charge in [0.1, 0.15) is 5.82 Å². The van der Waals surface area contributed by atoms with Crippen LogP contribution in [0.5, 0.6) is 0 Å². The molecule has 1 aliphatic rings. The highest BCUT2D eigenvalue weighted by Gasteiger charge is 2.38. The van der Waals surface area contributed by atoms with Gasteiger partial charge in [0, 0.05) is 12.0 Å². The van der Waals surface area contributed by atoms with Crippen LogP contribution in [0.15, 0.2) is 22.7 Å². The number of hydrogen-bond acceptors (Lipinski definition) is 6. The van der Waals surface area contributed by atoms with Gasteiger partial charge >= 0.3 is 5.97 Å². The number of aliphatic hydroxyl groups is 1. The van der Waals surface area contributed by atoms with Crippen LogP contribution in [0.25, 0.3) is 11.4 Å². The van der Waals surface area contributed by atoms with Crippen molar-refractivity contribution >= 4 is 5.97 Å². The molecule has 140 valence electrons. The molecule has 1 aliphatic carbocycles. The van der Waals surface area contributed by atoms with Crippen LogP contribution in [-0.2, 0) is 16.0 Å². The molecule has 26 heavy (non-hydrogen) atoms. The Bertz CT molecular complexity index is 769. The maximum absolute atomic E-state index is 13.6. The van der Waals surface area contributed by atoms with E-state index in [2.05, 4.69) is 10.1 Å². The number of ether oxygens (including phenoxy) is 1. The molecule has 0 radical (unpaired) electrons. The van der Waals surface area contributed by atoms with Crippen molar-refractivity contribution in [3.63, 3.8) is 0 Å². The fourth-order valence-corrected chi connectivity index (χ4v) is 3.07. The molecule has 0 amide bonds. The van der Waals surface area contributed by atoms with Gasteiger partial charge < -0.3 is 14.4 Å². The quantitative estimate of drug-likeness (QED) is 0.626. The summed E-state index contributed by atoms with van der Waals surface area (Å²) in [5.41, 5.74) is -0.223. The second-order valence-corrected chi connectivity index (χ2v) is 6.81. The molecule has 6 nitrogen and oxygen atoms in total. The monoisotopic (exact) mass is 362 g/mol. The predicted molar refractivity (Wildman–Crippen MR) is 91.7 cm³/mol. The van der Waals surface area contributed by atoms with Gasteiger partial charge in [-0.15, -0.1) is 0 Å². The van der Waals surface area contributed by atoms with Gasteiger partial charge in [0.15, 0.2) is 5.60 Å². The van der Waals surface area contributed by atoms with E-state index in [-0.39, 0.29) is 12.4 Å². The minimum absolute atomic E-state index is 0.179. The maximum Gasteiger partial charge on any atom is 0.338 e. The summed E-state index contributed by atoms with van der Waals surface area (Å²) in [6.07, 6.45) is 4.60. The summed E-state index contributed by atoms with van der Waals surface area (Å²) < 4.78 is 24.0. The predicted octanol–water partition coefficient (Wildman–Crippen LogP) is 3.36. The van der Waals surface area contributed by atoms with Crippen molar-refractivity contribution in [2.75, 3.05) is 6.61 Å². The average molecular weight is 362 g/mol. The zero-order chi connectivity index (χ0) is 18.6. The molecule has 1 heterocycles. The third kappa shape index (κ3) is 4.27. The molecule has 1 aromatic heterocycles. The number of carbonyl (C=O) groups is 1. The third-order valence-corrected chi connectivity index (χ3v) is 4.73. The minimum atomic E-state index is -1.33. The Morgan fingerprint density at radius 1 is 1.35 bits per heavy atom. The van der Waals surface area contributed by atoms with Crippen LogP contribution in [0, 0.1) is 12.7 Å². The van der Waals surface area contributed by atoms with E-state index >= 15 is 0 Å². The first-order chi connectivity index (χ1) is 12.5. The lowest BCUT2D eigenvalue weighted by Crippen LogP contribution is -2.41. The number of rotatable bonds is 6. The minimum Gasteiger partial charge on any atom is -0.464 e. The summed E-state index contributed by atoms with van der Waals surface area (Å²) in [5.74, 6) is -0.138. The van der Waals surface area contributed by atoms with E-state index in [1.807, 2.05) is 0 Å². The number of esters is 1. The largest absolute Gasteiger partial charge is 0.464 e. The molecule has 1 saturated carbocycles. The third-order valence-electron chi connectivity index (χ3n) is 4.73. The number of hydrogen-bond donors (Lipinski definition) is 1. The number of aryl methyl sites for hydroxylation is 2. The molecule has 0 aliphatic heterocycles. The van der Waals surface area contributed by atoms with Crippen LogP contribution >= 0.6 is 0 Å². The molecule has 1 fully saturated rings. The summed E-state index contributed by atoms with van der Waals surface area (Å²) in [6.45, 7) is 1.86. The highest BCUT2D eigenvalue weighted by molar-refractivity contribution is 5.79. The summed E-state index contributed by atoms with van der Waals surface area (Å²) in [5, 5.41) is 14.1. The standard InChI is InChI=1S/C19H23FN2O4/c1-13-7-8-14(12-15(13)20)17-21-16(26-22-17)6-5-11-25-18(23)19(24)9-3-2-4-10-19/h7-8,12,24H,2-6,9-11H2,1H3. The highest BCUT2D eigenvalue weighted by atomic mass is 19.1. The van der Waals surface area contributed by atoms with Gasteiger partial charge in [-0.3, -0.25) is 0 Å². The fourth-order valence-electron chi connectivity index (χ4n) is 3.07. The second-order valence-electron chi connectivity index (χ2n) is 6.81. The average Bonchev–Trinajstić information content (AvgIpc) is 3.10. The van der Waals surface area contributed by atoms with Crippen molar-refractivity contribution < 1.29 is 23.6 Å². The van der Waals surface area contributed by atoms with Crippen molar-refractivity contribution in [2.24, 2.45) is 0 Å². The zero-order valence-electron chi connectivity index (χ0n) is 14.8. The van der Waals surface area contributed by atoms with Crippen molar-refractivity contribution in [1.82, 2.24) is 10.1 Å².